The second kappa shape index (κ2) is 6.58. The van der Waals surface area contributed by atoms with Crippen LogP contribution >= 0.6 is 0 Å². The molecule has 0 radical (unpaired) electrons. The Morgan fingerprint density at radius 2 is 1.67 bits per heavy atom. The van der Waals surface area contributed by atoms with Crippen LogP contribution in [0.25, 0.3) is 0 Å². The van der Waals surface area contributed by atoms with Gasteiger partial charge < -0.3 is 20.2 Å². The van der Waals surface area contributed by atoms with Crippen molar-refractivity contribution in [1.82, 2.24) is 15.1 Å². The molecule has 0 rings (SSSR count). The fourth-order valence-electron chi connectivity index (χ4n) is 1.33. The van der Waals surface area contributed by atoms with Crippen molar-refractivity contribution < 1.29 is 14.7 Å². The standard InChI is InChI=1S/C12H25N3O3/c1-12(2,3)9(10(16)17)13-11(18)15(6)8-7-14(4)5/h9H,7-8H2,1-6H3,(H,13,18)(H,16,17)/t9-/m1/s1. The lowest BCUT2D eigenvalue weighted by atomic mass is 9.87. The first-order valence-corrected chi connectivity index (χ1v) is 5.95. The highest BCUT2D eigenvalue weighted by molar-refractivity contribution is 5.83. The Balaban J connectivity index is 4.47. The quantitative estimate of drug-likeness (QED) is 0.762. The Bertz CT molecular complexity index is 297. The van der Waals surface area contributed by atoms with Crippen molar-refractivity contribution in [3.8, 4) is 0 Å². The molecule has 0 heterocycles. The average molecular weight is 259 g/mol. The highest BCUT2D eigenvalue weighted by Crippen LogP contribution is 2.19. The second-order valence-corrected chi connectivity index (χ2v) is 5.81. The summed E-state index contributed by atoms with van der Waals surface area (Å²) in [6, 6.07) is -1.26. The van der Waals surface area contributed by atoms with Gasteiger partial charge in [-0.1, -0.05) is 20.8 Å². The molecule has 106 valence electrons. The number of urea groups is 1. The van der Waals surface area contributed by atoms with Gasteiger partial charge in [-0.25, -0.2) is 9.59 Å². The molecule has 2 N–H and O–H groups in total. The predicted octanol–water partition coefficient (Wildman–Crippen LogP) is 0.689. The first kappa shape index (κ1) is 16.7. The summed E-state index contributed by atoms with van der Waals surface area (Å²) >= 11 is 0. The monoisotopic (exact) mass is 259 g/mol. The molecule has 0 aliphatic rings. The van der Waals surface area contributed by atoms with Crippen LogP contribution in [-0.2, 0) is 4.79 Å². The average Bonchev–Trinajstić information content (AvgIpc) is 2.19. The van der Waals surface area contributed by atoms with Crippen LogP contribution in [0.15, 0.2) is 0 Å². The number of nitrogens with one attached hydrogen (secondary N) is 1. The second-order valence-electron chi connectivity index (χ2n) is 5.81. The molecule has 1 atom stereocenters. The van der Waals surface area contributed by atoms with E-state index in [1.165, 1.54) is 4.90 Å². The summed E-state index contributed by atoms with van der Waals surface area (Å²) in [4.78, 5) is 26.4. The smallest absolute Gasteiger partial charge is 0.326 e. The summed E-state index contributed by atoms with van der Waals surface area (Å²) in [6.07, 6.45) is 0. The summed E-state index contributed by atoms with van der Waals surface area (Å²) in [5, 5.41) is 11.7. The van der Waals surface area contributed by atoms with Gasteiger partial charge in [0.1, 0.15) is 6.04 Å². The van der Waals surface area contributed by atoms with E-state index in [1.54, 1.807) is 27.8 Å². The third-order valence-electron chi connectivity index (χ3n) is 2.61. The van der Waals surface area contributed by atoms with Gasteiger partial charge in [0, 0.05) is 20.1 Å². The highest BCUT2D eigenvalue weighted by atomic mass is 16.4. The molecule has 0 unspecified atom stereocenters. The van der Waals surface area contributed by atoms with E-state index in [9.17, 15) is 9.59 Å². The molecule has 0 aromatic carbocycles. The maximum absolute atomic E-state index is 11.9. The fraction of sp³-hybridized carbons (Fsp3) is 0.833. The zero-order valence-corrected chi connectivity index (χ0v) is 12.1. The minimum atomic E-state index is -1.02. The first-order valence-electron chi connectivity index (χ1n) is 5.95. The molecule has 0 aromatic rings. The van der Waals surface area contributed by atoms with E-state index < -0.39 is 17.4 Å². The SMILES string of the molecule is CN(C)CCN(C)C(=O)N[C@H](C(=O)O)C(C)(C)C. The lowest BCUT2D eigenvalue weighted by molar-refractivity contribution is -0.142. The molecule has 0 spiro atoms. The highest BCUT2D eigenvalue weighted by Gasteiger charge is 2.33. The molecule has 6 heteroatoms. The maximum atomic E-state index is 11.9. The molecular formula is C12H25N3O3. The van der Waals surface area contributed by atoms with Gasteiger partial charge in [0.05, 0.1) is 0 Å². The normalized spacial score (nSPS) is 13.3. The zero-order chi connectivity index (χ0) is 14.5. The van der Waals surface area contributed by atoms with Gasteiger partial charge in [0.25, 0.3) is 0 Å². The number of carboxylic acids is 1. The van der Waals surface area contributed by atoms with E-state index in [0.717, 1.165) is 6.54 Å². The molecule has 0 aliphatic carbocycles. The number of aliphatic carboxylic acids is 1. The van der Waals surface area contributed by atoms with Crippen LogP contribution < -0.4 is 5.32 Å². The number of rotatable bonds is 5. The van der Waals surface area contributed by atoms with Crippen molar-refractivity contribution in [2.75, 3.05) is 34.2 Å². The molecule has 0 aromatic heterocycles. The molecule has 18 heavy (non-hydrogen) atoms. The zero-order valence-electron chi connectivity index (χ0n) is 12.1. The van der Waals surface area contributed by atoms with Crippen molar-refractivity contribution in [3.63, 3.8) is 0 Å². The molecule has 0 saturated carbocycles. The summed E-state index contributed by atoms with van der Waals surface area (Å²) in [6.45, 7) is 6.64. The van der Waals surface area contributed by atoms with Crippen molar-refractivity contribution >= 4 is 12.0 Å². The molecule has 0 bridgehead atoms. The van der Waals surface area contributed by atoms with E-state index in [2.05, 4.69) is 5.32 Å². The van der Waals surface area contributed by atoms with Crippen LogP contribution in [0, 0.1) is 5.41 Å². The van der Waals surface area contributed by atoms with Gasteiger partial charge in [0.15, 0.2) is 0 Å². The number of amides is 2. The summed E-state index contributed by atoms with van der Waals surface area (Å²) in [5.74, 6) is -1.02. The van der Waals surface area contributed by atoms with Gasteiger partial charge in [-0.05, 0) is 19.5 Å². The van der Waals surface area contributed by atoms with Crippen molar-refractivity contribution in [2.45, 2.75) is 26.8 Å². The lowest BCUT2D eigenvalue weighted by Gasteiger charge is -2.30. The van der Waals surface area contributed by atoms with Crippen LogP contribution in [0.2, 0.25) is 0 Å². The largest absolute Gasteiger partial charge is 0.480 e. The Morgan fingerprint density at radius 1 is 1.17 bits per heavy atom. The number of likely N-dealkylation sites (N-methyl/N-ethyl adjacent to an activating group) is 2. The summed E-state index contributed by atoms with van der Waals surface area (Å²) in [5.41, 5.74) is -0.524. The van der Waals surface area contributed by atoms with E-state index in [-0.39, 0.29) is 6.03 Å². The van der Waals surface area contributed by atoms with Crippen molar-refractivity contribution in [1.29, 1.82) is 0 Å². The van der Waals surface area contributed by atoms with Crippen LogP contribution in [0.1, 0.15) is 20.8 Å². The van der Waals surface area contributed by atoms with Crippen molar-refractivity contribution in [2.24, 2.45) is 5.41 Å². The molecule has 0 fully saturated rings. The first-order chi connectivity index (χ1) is 8.05. The minimum Gasteiger partial charge on any atom is -0.480 e. The Hall–Kier alpha value is -1.30. The summed E-state index contributed by atoms with van der Waals surface area (Å²) in [7, 11) is 5.49. The Morgan fingerprint density at radius 3 is 2.00 bits per heavy atom. The van der Waals surface area contributed by atoms with Crippen LogP contribution in [0.3, 0.4) is 0 Å². The van der Waals surface area contributed by atoms with Gasteiger partial charge in [-0.15, -0.1) is 0 Å². The van der Waals surface area contributed by atoms with E-state index in [1.807, 2.05) is 19.0 Å². The topological polar surface area (TPSA) is 72.9 Å². The van der Waals surface area contributed by atoms with Gasteiger partial charge >= 0.3 is 12.0 Å². The van der Waals surface area contributed by atoms with E-state index >= 15 is 0 Å². The molecule has 6 nitrogen and oxygen atoms in total. The molecule has 0 aliphatic heterocycles. The van der Waals surface area contributed by atoms with E-state index in [4.69, 9.17) is 5.11 Å². The lowest BCUT2D eigenvalue weighted by Crippen LogP contribution is -2.53. The van der Waals surface area contributed by atoms with Crippen LogP contribution in [-0.4, -0.2) is 67.2 Å². The van der Waals surface area contributed by atoms with Gasteiger partial charge in [-0.2, -0.15) is 0 Å². The van der Waals surface area contributed by atoms with E-state index in [0.29, 0.717) is 6.54 Å². The predicted molar refractivity (Wildman–Crippen MR) is 70.6 cm³/mol. The third-order valence-corrected chi connectivity index (χ3v) is 2.61. The molecular weight excluding hydrogens is 234 g/mol. The number of carbonyl (C=O) groups excluding carboxylic acids is 1. The Kier molecular flexibility index (Phi) is 6.11. The Labute approximate surface area is 109 Å². The summed E-state index contributed by atoms with van der Waals surface area (Å²) < 4.78 is 0. The molecule has 0 saturated heterocycles. The number of nitrogens with zero attached hydrogens (tertiary/aromatic N) is 2. The number of hydrogen-bond donors (Lipinski definition) is 2. The van der Waals surface area contributed by atoms with Crippen molar-refractivity contribution in [3.05, 3.63) is 0 Å². The van der Waals surface area contributed by atoms with Gasteiger partial charge in [0.2, 0.25) is 0 Å². The van der Waals surface area contributed by atoms with Crippen LogP contribution in [0.5, 0.6) is 0 Å². The number of hydrogen-bond acceptors (Lipinski definition) is 3. The fourth-order valence-corrected chi connectivity index (χ4v) is 1.33. The maximum Gasteiger partial charge on any atom is 0.326 e. The number of carboxylic acid groups (broad SMARTS) is 1. The third kappa shape index (κ3) is 5.86. The van der Waals surface area contributed by atoms with Crippen LogP contribution in [0.4, 0.5) is 4.79 Å². The molecule has 2 amide bonds. The number of carbonyl (C=O) groups is 2. The minimum absolute atomic E-state index is 0.362. The van der Waals surface area contributed by atoms with Gasteiger partial charge in [-0.3, -0.25) is 0 Å².